The standard InChI is InChI=1S/C22H25N3O2/c1-14-12-25(19-9-22(2,3)10-20(27)21(14)19)16-5-4-15(11-23)18(8-16)24-7-6-17(26)13-24/h4-5,8,12,17,26H,6-7,9-10,13H2,1-3H3. The lowest BCUT2D eigenvalue weighted by molar-refractivity contribution is 0.0910. The molecule has 1 atom stereocenters. The molecule has 2 aliphatic rings. The maximum Gasteiger partial charge on any atom is 0.165 e. The van der Waals surface area contributed by atoms with E-state index in [9.17, 15) is 15.2 Å². The normalized spacial score (nSPS) is 21.2. The van der Waals surface area contributed by atoms with Crippen molar-refractivity contribution in [3.63, 3.8) is 0 Å². The molecule has 2 heterocycles. The smallest absolute Gasteiger partial charge is 0.165 e. The van der Waals surface area contributed by atoms with E-state index in [1.54, 1.807) is 0 Å². The van der Waals surface area contributed by atoms with Crippen LogP contribution in [0.5, 0.6) is 0 Å². The highest BCUT2D eigenvalue weighted by molar-refractivity contribution is 6.00. The first-order valence-electron chi connectivity index (χ1n) is 9.50. The molecule has 1 saturated heterocycles. The van der Waals surface area contributed by atoms with Gasteiger partial charge in [0, 0.05) is 42.7 Å². The molecule has 1 aromatic carbocycles. The predicted octanol–water partition coefficient (Wildman–Crippen LogP) is 3.38. The van der Waals surface area contributed by atoms with Gasteiger partial charge in [-0.15, -0.1) is 0 Å². The van der Waals surface area contributed by atoms with Gasteiger partial charge < -0.3 is 14.6 Å². The number of rotatable bonds is 2. The number of nitrogens with zero attached hydrogens (tertiary/aromatic N) is 3. The first kappa shape index (κ1) is 17.8. The van der Waals surface area contributed by atoms with Gasteiger partial charge in [0.2, 0.25) is 0 Å². The van der Waals surface area contributed by atoms with Crippen molar-refractivity contribution in [2.45, 2.75) is 46.1 Å². The van der Waals surface area contributed by atoms with Crippen LogP contribution in [0.25, 0.3) is 5.69 Å². The summed E-state index contributed by atoms with van der Waals surface area (Å²) < 4.78 is 2.11. The van der Waals surface area contributed by atoms with Gasteiger partial charge in [-0.25, -0.2) is 0 Å². The van der Waals surface area contributed by atoms with Crippen molar-refractivity contribution in [3.05, 3.63) is 46.8 Å². The molecule has 0 saturated carbocycles. The van der Waals surface area contributed by atoms with E-state index in [1.165, 1.54) is 0 Å². The van der Waals surface area contributed by atoms with Crippen LogP contribution in [0.1, 0.15) is 53.9 Å². The van der Waals surface area contributed by atoms with Gasteiger partial charge in [-0.1, -0.05) is 13.8 Å². The fourth-order valence-corrected chi connectivity index (χ4v) is 4.49. The lowest BCUT2D eigenvalue weighted by Gasteiger charge is -2.30. The maximum atomic E-state index is 12.7. The molecule has 1 aliphatic heterocycles. The third-order valence-electron chi connectivity index (χ3n) is 5.74. The summed E-state index contributed by atoms with van der Waals surface area (Å²) in [6.07, 6.45) is 3.83. The van der Waals surface area contributed by atoms with Crippen LogP contribution in [0.3, 0.4) is 0 Å². The molecule has 0 bridgehead atoms. The Morgan fingerprint density at radius 2 is 2.07 bits per heavy atom. The van der Waals surface area contributed by atoms with E-state index in [4.69, 9.17) is 0 Å². The Balaban J connectivity index is 1.83. The number of anilines is 1. The maximum absolute atomic E-state index is 12.7. The molecule has 1 N–H and O–H groups in total. The van der Waals surface area contributed by atoms with E-state index in [2.05, 4.69) is 29.4 Å². The highest BCUT2D eigenvalue weighted by Crippen LogP contribution is 2.38. The number of aliphatic hydroxyl groups is 1. The van der Waals surface area contributed by atoms with Crippen molar-refractivity contribution in [2.75, 3.05) is 18.0 Å². The second-order valence-corrected chi connectivity index (χ2v) is 8.65. The van der Waals surface area contributed by atoms with Gasteiger partial charge >= 0.3 is 0 Å². The summed E-state index contributed by atoms with van der Waals surface area (Å²) in [6, 6.07) is 8.07. The third kappa shape index (κ3) is 3.04. The van der Waals surface area contributed by atoms with E-state index in [0.29, 0.717) is 18.5 Å². The van der Waals surface area contributed by atoms with Crippen LogP contribution in [0.15, 0.2) is 24.4 Å². The molecule has 5 heteroatoms. The van der Waals surface area contributed by atoms with Gasteiger partial charge in [-0.05, 0) is 48.9 Å². The number of hydrogen-bond donors (Lipinski definition) is 1. The number of carbonyl (C=O) groups excluding carboxylic acids is 1. The van der Waals surface area contributed by atoms with Crippen molar-refractivity contribution >= 4 is 11.5 Å². The zero-order chi connectivity index (χ0) is 19.3. The van der Waals surface area contributed by atoms with Crippen LogP contribution in [0.4, 0.5) is 5.69 Å². The first-order chi connectivity index (χ1) is 12.8. The Morgan fingerprint density at radius 1 is 1.30 bits per heavy atom. The van der Waals surface area contributed by atoms with Crippen molar-refractivity contribution in [1.82, 2.24) is 4.57 Å². The molecule has 140 valence electrons. The number of fused-ring (bicyclic) bond motifs is 1. The number of carbonyl (C=O) groups is 1. The summed E-state index contributed by atoms with van der Waals surface area (Å²) in [4.78, 5) is 14.8. The summed E-state index contributed by atoms with van der Waals surface area (Å²) in [5, 5.41) is 19.4. The molecule has 0 radical (unpaired) electrons. The van der Waals surface area contributed by atoms with Gasteiger partial charge in [0.25, 0.3) is 0 Å². The Morgan fingerprint density at radius 3 is 2.74 bits per heavy atom. The number of aromatic nitrogens is 1. The van der Waals surface area contributed by atoms with E-state index in [-0.39, 0.29) is 17.3 Å². The summed E-state index contributed by atoms with van der Waals surface area (Å²) >= 11 is 0. The summed E-state index contributed by atoms with van der Waals surface area (Å²) in [5.74, 6) is 0.217. The first-order valence-corrected chi connectivity index (χ1v) is 9.50. The van der Waals surface area contributed by atoms with Crippen LogP contribution < -0.4 is 4.90 Å². The second-order valence-electron chi connectivity index (χ2n) is 8.65. The SMILES string of the molecule is Cc1cn(-c2ccc(C#N)c(N3CCC(O)C3)c2)c2c1C(=O)CC(C)(C)C2. The number of aryl methyl sites for hydroxylation is 1. The van der Waals surface area contributed by atoms with Crippen LogP contribution in [-0.4, -0.2) is 34.7 Å². The number of aliphatic hydroxyl groups excluding tert-OH is 1. The summed E-state index contributed by atoms with van der Waals surface area (Å²) in [6.45, 7) is 7.56. The van der Waals surface area contributed by atoms with E-state index in [0.717, 1.165) is 47.6 Å². The molecule has 1 aliphatic carbocycles. The second kappa shape index (κ2) is 6.24. The zero-order valence-electron chi connectivity index (χ0n) is 16.1. The quantitative estimate of drug-likeness (QED) is 0.888. The van der Waals surface area contributed by atoms with Gasteiger partial charge in [0.1, 0.15) is 6.07 Å². The van der Waals surface area contributed by atoms with Crippen molar-refractivity contribution < 1.29 is 9.90 Å². The lowest BCUT2D eigenvalue weighted by atomic mass is 9.75. The topological polar surface area (TPSA) is 69.3 Å². The third-order valence-corrected chi connectivity index (χ3v) is 5.74. The number of ketones is 1. The molecule has 2 aromatic rings. The Labute approximate surface area is 159 Å². The summed E-state index contributed by atoms with van der Waals surface area (Å²) in [5.41, 5.74) is 5.30. The molecule has 1 unspecified atom stereocenters. The number of nitriles is 1. The largest absolute Gasteiger partial charge is 0.391 e. The van der Waals surface area contributed by atoms with Gasteiger partial charge in [-0.3, -0.25) is 4.79 Å². The highest BCUT2D eigenvalue weighted by Gasteiger charge is 2.35. The van der Waals surface area contributed by atoms with Crippen LogP contribution >= 0.6 is 0 Å². The van der Waals surface area contributed by atoms with Crippen molar-refractivity contribution in [2.24, 2.45) is 5.41 Å². The Hall–Kier alpha value is -2.58. The van der Waals surface area contributed by atoms with E-state index < -0.39 is 0 Å². The molecule has 0 amide bonds. The fourth-order valence-electron chi connectivity index (χ4n) is 4.49. The number of hydrogen-bond acceptors (Lipinski definition) is 4. The van der Waals surface area contributed by atoms with Crippen molar-refractivity contribution in [1.29, 1.82) is 5.26 Å². The van der Waals surface area contributed by atoms with E-state index >= 15 is 0 Å². The van der Waals surface area contributed by atoms with Crippen molar-refractivity contribution in [3.8, 4) is 11.8 Å². The molecule has 27 heavy (non-hydrogen) atoms. The molecule has 1 fully saturated rings. The van der Waals surface area contributed by atoms with E-state index in [1.807, 2.05) is 31.3 Å². The highest BCUT2D eigenvalue weighted by atomic mass is 16.3. The fraction of sp³-hybridized carbons (Fsp3) is 0.455. The van der Waals surface area contributed by atoms with Crippen LogP contribution in [0.2, 0.25) is 0 Å². The minimum Gasteiger partial charge on any atom is -0.391 e. The zero-order valence-corrected chi connectivity index (χ0v) is 16.1. The molecule has 4 rings (SSSR count). The van der Waals surface area contributed by atoms with Gasteiger partial charge in [-0.2, -0.15) is 5.26 Å². The minimum atomic E-state index is -0.347. The summed E-state index contributed by atoms with van der Waals surface area (Å²) in [7, 11) is 0. The number of benzene rings is 1. The van der Waals surface area contributed by atoms with Crippen LogP contribution in [-0.2, 0) is 6.42 Å². The lowest BCUT2D eigenvalue weighted by Crippen LogP contribution is -2.28. The van der Waals surface area contributed by atoms with Gasteiger partial charge in [0.15, 0.2) is 5.78 Å². The average Bonchev–Trinajstić information content (AvgIpc) is 3.17. The van der Waals surface area contributed by atoms with Gasteiger partial charge in [0.05, 0.1) is 17.4 Å². The molecule has 0 spiro atoms. The molecular weight excluding hydrogens is 338 g/mol. The Bertz CT molecular complexity index is 965. The average molecular weight is 363 g/mol. The molecule has 1 aromatic heterocycles. The molecular formula is C22H25N3O2. The number of β-amino-alcohol motifs (C(OH)–C–C–N with tert-alkyl or cyclic N) is 1. The number of Topliss-reactive ketones (excluding diaryl/α,β-unsaturated/α-hetero) is 1. The Kier molecular flexibility index (Phi) is 4.12. The minimum absolute atomic E-state index is 0.0545. The van der Waals surface area contributed by atoms with Crippen LogP contribution in [0, 0.1) is 23.7 Å². The predicted molar refractivity (Wildman–Crippen MR) is 104 cm³/mol. The molecule has 5 nitrogen and oxygen atoms in total. The monoisotopic (exact) mass is 363 g/mol.